The van der Waals surface area contributed by atoms with Crippen molar-refractivity contribution in [1.82, 2.24) is 10.3 Å². The summed E-state index contributed by atoms with van der Waals surface area (Å²) in [5, 5.41) is 3.45. The minimum absolute atomic E-state index is 0.423. The van der Waals surface area contributed by atoms with Crippen molar-refractivity contribution in [3.8, 4) is 0 Å². The lowest BCUT2D eigenvalue weighted by atomic mass is 9.87. The van der Waals surface area contributed by atoms with Gasteiger partial charge in [0.1, 0.15) is 0 Å². The van der Waals surface area contributed by atoms with Crippen LogP contribution in [0.15, 0.2) is 24.5 Å². The Labute approximate surface area is 78.4 Å². The van der Waals surface area contributed by atoms with Gasteiger partial charge in [0.15, 0.2) is 0 Å². The third kappa shape index (κ3) is 2.26. The largest absolute Gasteiger partial charge is 0.328 e. The predicted octanol–water partition coefficient (Wildman–Crippen LogP) is 0.661. The van der Waals surface area contributed by atoms with Gasteiger partial charge in [-0.05, 0) is 24.5 Å². The van der Waals surface area contributed by atoms with Crippen molar-refractivity contribution in [1.29, 1.82) is 0 Å². The molecule has 3 N–H and O–H groups in total. The lowest BCUT2D eigenvalue weighted by molar-refractivity contribution is 0.291. The average molecular weight is 177 g/mol. The molecule has 0 amide bonds. The number of nitrogens with two attached hydrogens (primary N) is 1. The first-order valence-electron chi connectivity index (χ1n) is 4.72. The van der Waals surface area contributed by atoms with E-state index in [2.05, 4.69) is 16.4 Å². The fraction of sp³-hybridized carbons (Fsp3) is 0.500. The van der Waals surface area contributed by atoms with Crippen molar-refractivity contribution in [3.63, 3.8) is 0 Å². The molecule has 1 saturated carbocycles. The molecule has 13 heavy (non-hydrogen) atoms. The smallest absolute Gasteiger partial charge is 0.0312 e. The first-order valence-corrected chi connectivity index (χ1v) is 4.72. The Balaban J connectivity index is 1.74. The van der Waals surface area contributed by atoms with E-state index >= 15 is 0 Å². The monoisotopic (exact) mass is 177 g/mol. The van der Waals surface area contributed by atoms with Crippen molar-refractivity contribution in [3.05, 3.63) is 30.1 Å². The summed E-state index contributed by atoms with van der Waals surface area (Å²) in [7, 11) is 0. The van der Waals surface area contributed by atoms with Crippen LogP contribution in [0.4, 0.5) is 0 Å². The number of rotatable bonds is 3. The number of nitrogens with zero attached hydrogens (tertiary/aromatic N) is 1. The number of hydrogen-bond donors (Lipinski definition) is 2. The topological polar surface area (TPSA) is 50.9 Å². The van der Waals surface area contributed by atoms with E-state index in [0.29, 0.717) is 12.1 Å². The quantitative estimate of drug-likeness (QED) is 0.713. The van der Waals surface area contributed by atoms with Crippen LogP contribution in [-0.2, 0) is 6.54 Å². The zero-order chi connectivity index (χ0) is 9.10. The molecule has 0 aliphatic heterocycles. The van der Waals surface area contributed by atoms with Crippen molar-refractivity contribution in [2.75, 3.05) is 0 Å². The Bertz CT molecular complexity index is 254. The molecule has 0 atom stereocenters. The summed E-state index contributed by atoms with van der Waals surface area (Å²) in [5.41, 5.74) is 6.92. The van der Waals surface area contributed by atoms with Gasteiger partial charge in [-0.1, -0.05) is 6.07 Å². The van der Waals surface area contributed by atoms with Gasteiger partial charge in [-0.2, -0.15) is 0 Å². The first kappa shape index (κ1) is 8.66. The summed E-state index contributed by atoms with van der Waals surface area (Å²) in [5.74, 6) is 0. The van der Waals surface area contributed by atoms with Gasteiger partial charge in [0.25, 0.3) is 0 Å². The SMILES string of the molecule is NC1CC(NCc2cccnc2)C1. The minimum Gasteiger partial charge on any atom is -0.328 e. The third-order valence-corrected chi connectivity index (χ3v) is 2.49. The molecule has 0 saturated heterocycles. The molecule has 3 nitrogen and oxygen atoms in total. The van der Waals surface area contributed by atoms with Crippen LogP contribution in [-0.4, -0.2) is 17.1 Å². The summed E-state index contributed by atoms with van der Waals surface area (Å²) < 4.78 is 0. The van der Waals surface area contributed by atoms with Gasteiger partial charge < -0.3 is 11.1 Å². The molecule has 1 fully saturated rings. The average Bonchev–Trinajstić information content (AvgIpc) is 2.12. The van der Waals surface area contributed by atoms with Crippen LogP contribution in [0.2, 0.25) is 0 Å². The molecule has 1 heterocycles. The van der Waals surface area contributed by atoms with Gasteiger partial charge in [0, 0.05) is 31.0 Å². The van der Waals surface area contributed by atoms with E-state index < -0.39 is 0 Å². The summed E-state index contributed by atoms with van der Waals surface area (Å²) >= 11 is 0. The van der Waals surface area contributed by atoms with Crippen LogP contribution in [0.25, 0.3) is 0 Å². The van der Waals surface area contributed by atoms with Crippen LogP contribution in [0.3, 0.4) is 0 Å². The molecule has 70 valence electrons. The maximum Gasteiger partial charge on any atom is 0.0312 e. The molecule has 0 unspecified atom stereocenters. The van der Waals surface area contributed by atoms with Gasteiger partial charge in [0.05, 0.1) is 0 Å². The van der Waals surface area contributed by atoms with Crippen LogP contribution in [0.1, 0.15) is 18.4 Å². The van der Waals surface area contributed by atoms with Crippen LogP contribution in [0.5, 0.6) is 0 Å². The normalized spacial score (nSPS) is 26.8. The minimum atomic E-state index is 0.423. The predicted molar refractivity (Wildman–Crippen MR) is 52.1 cm³/mol. The van der Waals surface area contributed by atoms with Crippen molar-refractivity contribution >= 4 is 0 Å². The highest BCUT2D eigenvalue weighted by molar-refractivity contribution is 5.08. The molecule has 2 rings (SSSR count). The molecule has 0 radical (unpaired) electrons. The highest BCUT2D eigenvalue weighted by atomic mass is 14.9. The van der Waals surface area contributed by atoms with Crippen LogP contribution >= 0.6 is 0 Å². The lowest BCUT2D eigenvalue weighted by Crippen LogP contribution is -2.48. The molecule has 0 bridgehead atoms. The molecule has 3 heteroatoms. The highest BCUT2D eigenvalue weighted by Gasteiger charge is 2.24. The second kappa shape index (κ2) is 3.85. The molecule has 1 aliphatic rings. The van der Waals surface area contributed by atoms with Crippen molar-refractivity contribution in [2.45, 2.75) is 31.5 Å². The molecule has 0 aromatic carbocycles. The molecular weight excluding hydrogens is 162 g/mol. The van der Waals surface area contributed by atoms with Crippen LogP contribution in [0, 0.1) is 0 Å². The van der Waals surface area contributed by atoms with Gasteiger partial charge in [0.2, 0.25) is 0 Å². The van der Waals surface area contributed by atoms with E-state index in [1.165, 1.54) is 5.56 Å². The maximum atomic E-state index is 5.69. The second-order valence-corrected chi connectivity index (χ2v) is 3.67. The zero-order valence-electron chi connectivity index (χ0n) is 7.61. The highest BCUT2D eigenvalue weighted by Crippen LogP contribution is 2.17. The van der Waals surface area contributed by atoms with E-state index in [0.717, 1.165) is 19.4 Å². The van der Waals surface area contributed by atoms with Gasteiger partial charge in [-0.25, -0.2) is 0 Å². The van der Waals surface area contributed by atoms with Gasteiger partial charge >= 0.3 is 0 Å². The number of aromatic nitrogens is 1. The number of nitrogens with one attached hydrogen (secondary N) is 1. The summed E-state index contributed by atoms with van der Waals surface area (Å²) in [4.78, 5) is 4.06. The first-order chi connectivity index (χ1) is 6.34. The summed E-state index contributed by atoms with van der Waals surface area (Å²) in [6.07, 6.45) is 5.91. The van der Waals surface area contributed by atoms with E-state index in [1.54, 1.807) is 6.20 Å². The summed E-state index contributed by atoms with van der Waals surface area (Å²) in [6, 6.07) is 5.09. The Morgan fingerprint density at radius 1 is 1.54 bits per heavy atom. The Kier molecular flexibility index (Phi) is 2.57. The Morgan fingerprint density at radius 2 is 2.38 bits per heavy atom. The molecule has 0 spiro atoms. The lowest BCUT2D eigenvalue weighted by Gasteiger charge is -2.33. The fourth-order valence-corrected chi connectivity index (χ4v) is 1.59. The van der Waals surface area contributed by atoms with Gasteiger partial charge in [-0.3, -0.25) is 4.98 Å². The standard InChI is InChI=1S/C10H15N3/c11-9-4-10(5-9)13-7-8-2-1-3-12-6-8/h1-3,6,9-10,13H,4-5,7,11H2. The number of hydrogen-bond acceptors (Lipinski definition) is 3. The van der Waals surface area contributed by atoms with Crippen molar-refractivity contribution < 1.29 is 0 Å². The molecular formula is C10H15N3. The molecule has 1 aromatic heterocycles. The van der Waals surface area contributed by atoms with E-state index in [4.69, 9.17) is 5.73 Å². The third-order valence-electron chi connectivity index (χ3n) is 2.49. The fourth-order valence-electron chi connectivity index (χ4n) is 1.59. The van der Waals surface area contributed by atoms with E-state index in [9.17, 15) is 0 Å². The number of pyridine rings is 1. The Morgan fingerprint density at radius 3 is 3.00 bits per heavy atom. The van der Waals surface area contributed by atoms with Crippen LogP contribution < -0.4 is 11.1 Å². The van der Waals surface area contributed by atoms with Gasteiger partial charge in [-0.15, -0.1) is 0 Å². The summed E-state index contributed by atoms with van der Waals surface area (Å²) in [6.45, 7) is 0.908. The molecule has 1 aliphatic carbocycles. The van der Waals surface area contributed by atoms with Crippen molar-refractivity contribution in [2.24, 2.45) is 5.73 Å². The second-order valence-electron chi connectivity index (χ2n) is 3.67. The maximum absolute atomic E-state index is 5.69. The van der Waals surface area contributed by atoms with E-state index in [1.807, 2.05) is 12.3 Å². The molecule has 1 aromatic rings. The van der Waals surface area contributed by atoms with E-state index in [-0.39, 0.29) is 0 Å². The Hall–Kier alpha value is -0.930. The zero-order valence-corrected chi connectivity index (χ0v) is 7.61.